The molecule has 0 spiro atoms. The van der Waals surface area contributed by atoms with Crippen molar-refractivity contribution in [1.29, 1.82) is 0 Å². The van der Waals surface area contributed by atoms with Gasteiger partial charge < -0.3 is 4.74 Å². The Morgan fingerprint density at radius 3 is 2.50 bits per heavy atom. The molecular weight excluding hydrogens is 321 g/mol. The number of ether oxygens (including phenoxy) is 1. The zero-order valence-corrected chi connectivity index (χ0v) is 17.0. The molecule has 0 bridgehead atoms. The van der Waals surface area contributed by atoms with Crippen molar-refractivity contribution in [3.05, 3.63) is 29.5 Å². The number of rotatable bonds is 7. The Bertz CT molecular complexity index is 588. The van der Waals surface area contributed by atoms with Gasteiger partial charge in [-0.15, -0.1) is 6.58 Å². The number of carbonyl (C=O) groups excluding carboxylic acids is 3. The van der Waals surface area contributed by atoms with Crippen LogP contribution in [0.25, 0.3) is 0 Å². The van der Waals surface area contributed by atoms with Crippen LogP contribution in [0, 0.1) is 5.41 Å². The molecule has 0 aromatic heterocycles. The summed E-state index contributed by atoms with van der Waals surface area (Å²) in [5, 5.41) is 0. The molecule has 127 valence electrons. The molecule has 0 heterocycles. The van der Waals surface area contributed by atoms with Gasteiger partial charge in [0.1, 0.15) is 12.0 Å². The fourth-order valence-corrected chi connectivity index (χ4v) is 2.65. The van der Waals surface area contributed by atoms with Crippen LogP contribution in [0.5, 0.6) is 0 Å². The quantitative estimate of drug-likeness (QED) is 0.143. The first-order valence-corrected chi connectivity index (χ1v) is 7.45. The Labute approximate surface area is 164 Å². The Balaban J connectivity index is 0.00000529. The van der Waals surface area contributed by atoms with E-state index in [1.807, 2.05) is 6.92 Å². The van der Waals surface area contributed by atoms with E-state index >= 15 is 0 Å². The summed E-state index contributed by atoms with van der Waals surface area (Å²) in [6, 6.07) is 0. The van der Waals surface area contributed by atoms with Gasteiger partial charge in [0.05, 0.1) is 23.5 Å². The van der Waals surface area contributed by atoms with Gasteiger partial charge in [-0.1, -0.05) is 33.3 Å². The van der Waals surface area contributed by atoms with Gasteiger partial charge in [0.15, 0.2) is 5.78 Å². The van der Waals surface area contributed by atoms with E-state index in [0.29, 0.717) is 18.5 Å². The molecule has 1 saturated carbocycles. The first kappa shape index (κ1) is 23.0. The van der Waals surface area contributed by atoms with Crippen molar-refractivity contribution in [2.75, 3.05) is 13.7 Å². The average molecular weight is 344 g/mol. The van der Waals surface area contributed by atoms with Crippen LogP contribution in [0.2, 0.25) is 0 Å². The Morgan fingerprint density at radius 2 is 2.04 bits per heavy atom. The van der Waals surface area contributed by atoms with Crippen molar-refractivity contribution in [3.63, 3.8) is 0 Å². The van der Waals surface area contributed by atoms with E-state index in [4.69, 9.17) is 9.57 Å². The zero-order valence-electron chi connectivity index (χ0n) is 15.0. The van der Waals surface area contributed by atoms with E-state index in [2.05, 4.69) is 12.1 Å². The van der Waals surface area contributed by atoms with Gasteiger partial charge in [-0.3, -0.25) is 19.9 Å². The molecule has 6 nitrogen and oxygen atoms in total. The van der Waals surface area contributed by atoms with Crippen LogP contribution >= 0.6 is 0 Å². The molecule has 1 aliphatic rings. The number of hydrogen-bond donors (Lipinski definition) is 1. The van der Waals surface area contributed by atoms with Crippen LogP contribution in [0.4, 0.5) is 0 Å². The van der Waals surface area contributed by atoms with E-state index < -0.39 is 23.1 Å². The topological polar surface area (TPSA) is 81.7 Å². The monoisotopic (exact) mass is 344 g/mol. The summed E-state index contributed by atoms with van der Waals surface area (Å²) in [6.45, 7) is 8.88. The maximum atomic E-state index is 12.7. The second-order valence-corrected chi connectivity index (χ2v) is 5.81. The molecule has 0 saturated heterocycles. The minimum absolute atomic E-state index is 0. The van der Waals surface area contributed by atoms with Crippen LogP contribution in [0.15, 0.2) is 29.5 Å². The number of hydroxylamine groups is 1. The fraction of sp³-hybridized carbons (Fsp3) is 0.529. The Kier molecular flexibility index (Phi) is 9.66. The van der Waals surface area contributed by atoms with Crippen molar-refractivity contribution in [2.45, 2.75) is 39.7 Å². The number of nitrogens with one attached hydrogen (secondary N) is 1. The summed E-state index contributed by atoms with van der Waals surface area (Å²) in [4.78, 5) is 41.8. The normalized spacial score (nSPS) is 21.7. The number of carbonyl (C=O) groups is 2. The molecule has 0 aliphatic heterocycles. The molecule has 1 rings (SSSR count). The van der Waals surface area contributed by atoms with E-state index in [1.54, 1.807) is 19.8 Å². The summed E-state index contributed by atoms with van der Waals surface area (Å²) in [5.41, 5.74) is 1.75. The molecule has 7 heteroatoms. The number of ketones is 2. The van der Waals surface area contributed by atoms with E-state index in [0.717, 1.165) is 0 Å². The summed E-state index contributed by atoms with van der Waals surface area (Å²) >= 11 is 0. The SMILES string of the molecule is C=CCONC(CCC)=C1C(=O)C(=C=O)C(C)(C)C(OC)C1=O.[Na]. The van der Waals surface area contributed by atoms with Crippen LogP contribution in [-0.2, 0) is 24.0 Å². The first-order chi connectivity index (χ1) is 10.9. The summed E-state index contributed by atoms with van der Waals surface area (Å²) in [7, 11) is 1.38. The van der Waals surface area contributed by atoms with Gasteiger partial charge in [-0.05, 0) is 6.42 Å². The predicted octanol–water partition coefficient (Wildman–Crippen LogP) is 1.32. The number of hydrogen-bond acceptors (Lipinski definition) is 6. The molecule has 1 radical (unpaired) electrons. The summed E-state index contributed by atoms with van der Waals surface area (Å²) in [6.07, 6.45) is 1.71. The second-order valence-electron chi connectivity index (χ2n) is 5.81. The minimum Gasteiger partial charge on any atom is -0.372 e. The van der Waals surface area contributed by atoms with Gasteiger partial charge in [0.2, 0.25) is 5.78 Å². The van der Waals surface area contributed by atoms with E-state index in [1.165, 1.54) is 13.2 Å². The van der Waals surface area contributed by atoms with Crippen molar-refractivity contribution < 1.29 is 24.0 Å². The van der Waals surface area contributed by atoms with Gasteiger partial charge >= 0.3 is 0 Å². The Morgan fingerprint density at radius 1 is 1.42 bits per heavy atom. The van der Waals surface area contributed by atoms with Crippen LogP contribution in [-0.4, -0.2) is 66.9 Å². The van der Waals surface area contributed by atoms with Gasteiger partial charge in [-0.25, -0.2) is 4.79 Å². The maximum absolute atomic E-state index is 12.7. The third kappa shape index (κ3) is 4.54. The van der Waals surface area contributed by atoms with Crippen molar-refractivity contribution >= 4 is 47.1 Å². The first-order valence-electron chi connectivity index (χ1n) is 7.45. The molecule has 1 N–H and O–H groups in total. The number of Topliss-reactive ketones (excluding diaryl/α,β-unsaturated/α-hetero) is 2. The molecule has 1 aliphatic carbocycles. The largest absolute Gasteiger partial charge is 0.372 e. The molecule has 1 fully saturated rings. The predicted molar refractivity (Wildman–Crippen MR) is 90.8 cm³/mol. The van der Waals surface area contributed by atoms with Crippen LogP contribution < -0.4 is 5.48 Å². The third-order valence-electron chi connectivity index (χ3n) is 3.77. The van der Waals surface area contributed by atoms with Crippen molar-refractivity contribution in [2.24, 2.45) is 5.41 Å². The van der Waals surface area contributed by atoms with Crippen LogP contribution in [0.3, 0.4) is 0 Å². The smallest absolute Gasteiger partial charge is 0.206 e. The van der Waals surface area contributed by atoms with E-state index in [-0.39, 0.29) is 47.3 Å². The summed E-state index contributed by atoms with van der Waals surface area (Å²) in [5.74, 6) is 0.607. The zero-order chi connectivity index (χ0) is 17.6. The molecule has 0 aromatic carbocycles. The number of methoxy groups -OCH3 is 1. The fourth-order valence-electron chi connectivity index (χ4n) is 2.65. The molecule has 24 heavy (non-hydrogen) atoms. The molecule has 1 atom stereocenters. The van der Waals surface area contributed by atoms with Crippen molar-refractivity contribution in [3.8, 4) is 0 Å². The molecular formula is C17H23NNaO5. The molecule has 1 unspecified atom stereocenters. The minimum atomic E-state index is -1.03. The Hall–Kier alpha value is -1.01. The molecule has 0 aromatic rings. The average Bonchev–Trinajstić information content (AvgIpc) is 2.47. The van der Waals surface area contributed by atoms with Gasteiger partial charge in [-0.2, -0.15) is 0 Å². The van der Waals surface area contributed by atoms with Crippen molar-refractivity contribution in [1.82, 2.24) is 5.48 Å². The maximum Gasteiger partial charge on any atom is 0.206 e. The second kappa shape index (κ2) is 10.1. The molecule has 0 amide bonds. The summed E-state index contributed by atoms with van der Waals surface area (Å²) < 4.78 is 5.26. The standard InChI is InChI=1S/C17H23NO5.Na/c1-6-8-12(18-23-9-7-2)13-14(20)11(10-19)17(3,4)16(22-5)15(13)21;/h7,16,18H,2,6,8-9H2,1,3-5H3;. The van der Waals surface area contributed by atoms with Crippen LogP contribution in [0.1, 0.15) is 33.6 Å². The van der Waals surface area contributed by atoms with E-state index in [9.17, 15) is 14.4 Å². The van der Waals surface area contributed by atoms with Gasteiger partial charge in [0, 0.05) is 42.1 Å². The third-order valence-corrected chi connectivity index (χ3v) is 3.77. The van der Waals surface area contributed by atoms with Gasteiger partial charge in [0.25, 0.3) is 0 Å². The number of allylic oxidation sites excluding steroid dienone is 1.